The van der Waals surface area contributed by atoms with Crippen molar-refractivity contribution in [1.29, 1.82) is 0 Å². The number of benzene rings is 1. The van der Waals surface area contributed by atoms with Crippen molar-refractivity contribution in [2.75, 3.05) is 7.11 Å². The van der Waals surface area contributed by atoms with Crippen molar-refractivity contribution in [3.63, 3.8) is 0 Å². The summed E-state index contributed by atoms with van der Waals surface area (Å²) in [5.41, 5.74) is 1.28. The average molecular weight is 247 g/mol. The Morgan fingerprint density at radius 1 is 1.39 bits per heavy atom. The normalized spacial score (nSPS) is 12.1. The zero-order chi connectivity index (χ0) is 13.1. The summed E-state index contributed by atoms with van der Waals surface area (Å²) in [4.78, 5) is 11.0. The fourth-order valence-corrected chi connectivity index (χ4v) is 1.59. The maximum absolute atomic E-state index is 11.0. The second-order valence-corrected chi connectivity index (χ2v) is 3.83. The molecule has 0 aliphatic heterocycles. The third-order valence-corrected chi connectivity index (χ3v) is 2.71. The molecule has 6 nitrogen and oxygen atoms in total. The van der Waals surface area contributed by atoms with Crippen LogP contribution in [0.3, 0.4) is 0 Å². The molecule has 1 unspecified atom stereocenters. The van der Waals surface area contributed by atoms with Crippen LogP contribution < -0.4 is 4.74 Å². The molecule has 1 atom stereocenters. The second-order valence-electron chi connectivity index (χ2n) is 3.83. The van der Waals surface area contributed by atoms with E-state index in [0.29, 0.717) is 5.69 Å². The number of rotatable bonds is 4. The summed E-state index contributed by atoms with van der Waals surface area (Å²) in [7, 11) is 1.59. The summed E-state index contributed by atoms with van der Waals surface area (Å²) in [6, 6.07) is 7.16. The molecule has 0 amide bonds. The van der Waals surface area contributed by atoms with Gasteiger partial charge in [0, 0.05) is 0 Å². The molecule has 2 aromatic rings. The van der Waals surface area contributed by atoms with Crippen molar-refractivity contribution in [3.05, 3.63) is 36.2 Å². The van der Waals surface area contributed by atoms with Crippen LogP contribution in [-0.2, 0) is 4.79 Å². The van der Waals surface area contributed by atoms with E-state index in [9.17, 15) is 4.79 Å². The van der Waals surface area contributed by atoms with E-state index in [0.717, 1.165) is 11.4 Å². The maximum atomic E-state index is 11.0. The number of aromatic nitrogens is 3. The van der Waals surface area contributed by atoms with Gasteiger partial charge in [-0.3, -0.25) is 4.79 Å². The van der Waals surface area contributed by atoms with Gasteiger partial charge in [0.15, 0.2) is 0 Å². The highest BCUT2D eigenvalue weighted by atomic mass is 16.5. The smallest absolute Gasteiger partial charge is 0.312 e. The number of carboxylic acids is 1. The first kappa shape index (κ1) is 12.1. The van der Waals surface area contributed by atoms with Gasteiger partial charge >= 0.3 is 5.97 Å². The van der Waals surface area contributed by atoms with E-state index >= 15 is 0 Å². The lowest BCUT2D eigenvalue weighted by Gasteiger charge is -2.09. The summed E-state index contributed by atoms with van der Waals surface area (Å²) in [5, 5.41) is 16.7. The van der Waals surface area contributed by atoms with Crippen LogP contribution in [0.15, 0.2) is 30.5 Å². The van der Waals surface area contributed by atoms with Crippen LogP contribution in [0.5, 0.6) is 5.75 Å². The lowest BCUT2D eigenvalue weighted by molar-refractivity contribution is -0.138. The van der Waals surface area contributed by atoms with Crippen LogP contribution in [-0.4, -0.2) is 33.2 Å². The number of aliphatic carboxylic acids is 1. The average Bonchev–Trinajstić information content (AvgIpc) is 2.87. The molecular formula is C12H13N3O3. The van der Waals surface area contributed by atoms with Crippen LogP contribution in [0.2, 0.25) is 0 Å². The molecule has 6 heteroatoms. The van der Waals surface area contributed by atoms with E-state index in [1.54, 1.807) is 38.3 Å². The zero-order valence-electron chi connectivity index (χ0n) is 10.1. The van der Waals surface area contributed by atoms with E-state index in [1.165, 1.54) is 10.9 Å². The molecule has 0 radical (unpaired) electrons. The molecule has 0 bridgehead atoms. The standard InChI is InChI=1S/C12H13N3O3/c1-8(12(16)17)11-7-13-14-15(11)9-3-5-10(18-2)6-4-9/h3-8H,1-2H3,(H,16,17). The summed E-state index contributed by atoms with van der Waals surface area (Å²) in [6.45, 7) is 1.60. The third kappa shape index (κ3) is 2.17. The Bertz CT molecular complexity index is 548. The molecule has 0 aliphatic rings. The SMILES string of the molecule is COc1ccc(-n2nncc2C(C)C(=O)O)cc1. The predicted molar refractivity (Wildman–Crippen MR) is 64.0 cm³/mol. The van der Waals surface area contributed by atoms with Gasteiger partial charge in [-0.2, -0.15) is 0 Å². The minimum atomic E-state index is -0.910. The van der Waals surface area contributed by atoms with Crippen LogP contribution in [0.25, 0.3) is 5.69 Å². The molecule has 0 fully saturated rings. The van der Waals surface area contributed by atoms with Crippen LogP contribution >= 0.6 is 0 Å². The van der Waals surface area contributed by atoms with Crippen molar-refractivity contribution >= 4 is 5.97 Å². The summed E-state index contributed by atoms with van der Waals surface area (Å²) in [5.74, 6) is -0.846. The lowest BCUT2D eigenvalue weighted by Crippen LogP contribution is -2.13. The first-order chi connectivity index (χ1) is 8.63. The predicted octanol–water partition coefficient (Wildman–Crippen LogP) is 1.46. The monoisotopic (exact) mass is 247 g/mol. The third-order valence-electron chi connectivity index (χ3n) is 2.71. The van der Waals surface area contributed by atoms with Crippen LogP contribution in [0, 0.1) is 0 Å². The summed E-state index contributed by atoms with van der Waals surface area (Å²) in [6.07, 6.45) is 1.46. The molecule has 0 aliphatic carbocycles. The molecule has 2 rings (SSSR count). The van der Waals surface area contributed by atoms with Gasteiger partial charge in [0.05, 0.1) is 30.6 Å². The van der Waals surface area contributed by atoms with Crippen molar-refractivity contribution in [2.24, 2.45) is 0 Å². The van der Waals surface area contributed by atoms with Gasteiger partial charge in [0.2, 0.25) is 0 Å². The van der Waals surface area contributed by atoms with E-state index < -0.39 is 11.9 Å². The fourth-order valence-electron chi connectivity index (χ4n) is 1.59. The van der Waals surface area contributed by atoms with Crippen molar-refractivity contribution in [1.82, 2.24) is 15.0 Å². The molecule has 0 saturated carbocycles. The van der Waals surface area contributed by atoms with Gasteiger partial charge in [0.25, 0.3) is 0 Å². The van der Waals surface area contributed by atoms with Gasteiger partial charge in [-0.1, -0.05) is 5.21 Å². The largest absolute Gasteiger partial charge is 0.497 e. The summed E-state index contributed by atoms with van der Waals surface area (Å²) >= 11 is 0. The number of hydrogen-bond donors (Lipinski definition) is 1. The molecule has 1 heterocycles. The molecular weight excluding hydrogens is 234 g/mol. The van der Waals surface area contributed by atoms with E-state index in [-0.39, 0.29) is 0 Å². The van der Waals surface area contributed by atoms with Gasteiger partial charge in [-0.15, -0.1) is 5.10 Å². The van der Waals surface area contributed by atoms with Gasteiger partial charge in [-0.05, 0) is 31.2 Å². The van der Waals surface area contributed by atoms with Crippen molar-refractivity contribution in [2.45, 2.75) is 12.8 Å². The molecule has 94 valence electrons. The Morgan fingerprint density at radius 3 is 2.61 bits per heavy atom. The highest BCUT2D eigenvalue weighted by Gasteiger charge is 2.19. The van der Waals surface area contributed by atoms with Crippen molar-refractivity contribution in [3.8, 4) is 11.4 Å². The fraction of sp³-hybridized carbons (Fsp3) is 0.250. The number of nitrogens with zero attached hydrogens (tertiary/aromatic N) is 3. The first-order valence-corrected chi connectivity index (χ1v) is 5.41. The van der Waals surface area contributed by atoms with E-state index in [2.05, 4.69) is 10.3 Å². The molecule has 18 heavy (non-hydrogen) atoms. The topological polar surface area (TPSA) is 77.2 Å². The number of carboxylic acid groups (broad SMARTS) is 1. The van der Waals surface area contributed by atoms with Gasteiger partial charge in [0.1, 0.15) is 5.75 Å². The van der Waals surface area contributed by atoms with Crippen molar-refractivity contribution < 1.29 is 14.6 Å². The molecule has 1 aromatic heterocycles. The first-order valence-electron chi connectivity index (χ1n) is 5.41. The number of hydrogen-bond acceptors (Lipinski definition) is 4. The van der Waals surface area contributed by atoms with E-state index in [1.807, 2.05) is 0 Å². The number of ether oxygens (including phenoxy) is 1. The lowest BCUT2D eigenvalue weighted by atomic mass is 10.1. The Morgan fingerprint density at radius 2 is 2.06 bits per heavy atom. The molecule has 0 spiro atoms. The second kappa shape index (κ2) is 4.87. The number of methoxy groups -OCH3 is 1. The van der Waals surface area contributed by atoms with Crippen LogP contribution in [0.4, 0.5) is 0 Å². The number of carbonyl (C=O) groups is 1. The van der Waals surface area contributed by atoms with Gasteiger partial charge in [-0.25, -0.2) is 4.68 Å². The quantitative estimate of drug-likeness (QED) is 0.885. The Hall–Kier alpha value is -2.37. The van der Waals surface area contributed by atoms with Crippen LogP contribution in [0.1, 0.15) is 18.5 Å². The highest BCUT2D eigenvalue weighted by molar-refractivity contribution is 5.75. The zero-order valence-corrected chi connectivity index (χ0v) is 10.1. The Labute approximate surface area is 104 Å². The minimum absolute atomic E-state index is 0.535. The Balaban J connectivity index is 2.38. The van der Waals surface area contributed by atoms with Gasteiger partial charge < -0.3 is 9.84 Å². The molecule has 1 N–H and O–H groups in total. The molecule has 0 saturated heterocycles. The summed E-state index contributed by atoms with van der Waals surface area (Å²) < 4.78 is 6.58. The minimum Gasteiger partial charge on any atom is -0.497 e. The Kier molecular flexibility index (Phi) is 3.27. The maximum Gasteiger partial charge on any atom is 0.312 e. The molecule has 1 aromatic carbocycles. The highest BCUT2D eigenvalue weighted by Crippen LogP contribution is 2.20. The van der Waals surface area contributed by atoms with E-state index in [4.69, 9.17) is 9.84 Å².